The number of rotatable bonds is 5. The van der Waals surface area contributed by atoms with Crippen LogP contribution in [0.4, 0.5) is 17.1 Å². The van der Waals surface area contributed by atoms with Gasteiger partial charge in [0.2, 0.25) is 0 Å². The first-order chi connectivity index (χ1) is 20.5. The molecular formula is C35H31N3O4S. The van der Waals surface area contributed by atoms with Gasteiger partial charge >= 0.3 is 0 Å². The lowest BCUT2D eigenvalue weighted by Gasteiger charge is -2.24. The second-order valence-corrected chi connectivity index (χ2v) is 12.2. The average molecular weight is 590 g/mol. The predicted molar refractivity (Wildman–Crippen MR) is 171 cm³/mol. The van der Waals surface area contributed by atoms with Crippen LogP contribution < -0.4 is 16.2 Å². The number of nitrogens with two attached hydrogens (primary N) is 1. The Morgan fingerprint density at radius 1 is 0.744 bits per heavy atom. The third kappa shape index (κ3) is 5.21. The summed E-state index contributed by atoms with van der Waals surface area (Å²) in [7, 11) is -4.52. The van der Waals surface area contributed by atoms with Crippen LogP contribution in [-0.2, 0) is 10.1 Å². The SMILES string of the molecule is Cc1cccc(C)c1/N=c1/ccc2c(-c3ccccc3S(=O)(=O)O)c3ccc(N(N)c4c(C)cccc4C)cc3oc-2c1. The topological polar surface area (TPSA) is 109 Å². The van der Waals surface area contributed by atoms with Crippen LogP contribution >= 0.6 is 0 Å². The molecule has 0 spiro atoms. The molecule has 4 aromatic carbocycles. The highest BCUT2D eigenvalue weighted by Gasteiger charge is 2.24. The van der Waals surface area contributed by atoms with Crippen molar-refractivity contribution in [1.29, 1.82) is 0 Å². The summed E-state index contributed by atoms with van der Waals surface area (Å²) in [6, 6.07) is 29.6. The maximum Gasteiger partial charge on any atom is 0.295 e. The van der Waals surface area contributed by atoms with Crippen molar-refractivity contribution >= 4 is 38.1 Å². The summed E-state index contributed by atoms with van der Waals surface area (Å²) in [5, 5.41) is 2.98. The van der Waals surface area contributed by atoms with Gasteiger partial charge in [-0.15, -0.1) is 0 Å². The lowest BCUT2D eigenvalue weighted by molar-refractivity contribution is 0.483. The fourth-order valence-corrected chi connectivity index (χ4v) is 6.40. The van der Waals surface area contributed by atoms with Crippen molar-refractivity contribution < 1.29 is 17.4 Å². The number of hydrogen-bond donors (Lipinski definition) is 2. The summed E-state index contributed by atoms with van der Waals surface area (Å²) < 4.78 is 41.6. The summed E-state index contributed by atoms with van der Waals surface area (Å²) in [6.45, 7) is 8.05. The van der Waals surface area contributed by atoms with Crippen molar-refractivity contribution in [1.82, 2.24) is 0 Å². The summed E-state index contributed by atoms with van der Waals surface area (Å²) in [4.78, 5) is 4.72. The van der Waals surface area contributed by atoms with Crippen molar-refractivity contribution in [2.45, 2.75) is 32.6 Å². The van der Waals surface area contributed by atoms with Crippen LogP contribution in [0.2, 0.25) is 0 Å². The molecule has 2 aliphatic rings. The molecule has 6 rings (SSSR count). The Labute approximate surface area is 250 Å². The zero-order chi connectivity index (χ0) is 30.5. The Kier molecular flexibility index (Phi) is 7.14. The maximum absolute atomic E-state index is 12.5. The van der Waals surface area contributed by atoms with Gasteiger partial charge in [0, 0.05) is 34.2 Å². The molecule has 1 heterocycles. The first-order valence-corrected chi connectivity index (χ1v) is 15.3. The highest BCUT2D eigenvalue weighted by molar-refractivity contribution is 7.86. The number of hydrazine groups is 1. The Hall–Kier alpha value is -4.76. The first kappa shape index (κ1) is 28.4. The van der Waals surface area contributed by atoms with E-state index in [-0.39, 0.29) is 4.90 Å². The molecule has 43 heavy (non-hydrogen) atoms. The van der Waals surface area contributed by atoms with E-state index in [0.29, 0.717) is 44.5 Å². The molecule has 8 heteroatoms. The van der Waals surface area contributed by atoms with Crippen molar-refractivity contribution in [2.24, 2.45) is 10.8 Å². The number of nitrogens with zero attached hydrogens (tertiary/aromatic N) is 2. The Balaban J connectivity index is 1.66. The predicted octanol–water partition coefficient (Wildman–Crippen LogP) is 7.93. The smallest absolute Gasteiger partial charge is 0.295 e. The average Bonchev–Trinajstić information content (AvgIpc) is 2.97. The normalized spacial score (nSPS) is 12.3. The van der Waals surface area contributed by atoms with E-state index in [0.717, 1.165) is 33.6 Å². The molecule has 0 saturated heterocycles. The van der Waals surface area contributed by atoms with Gasteiger partial charge in [-0.05, 0) is 80.3 Å². The fraction of sp³-hybridized carbons (Fsp3) is 0.114. The zero-order valence-corrected chi connectivity index (χ0v) is 25.1. The zero-order valence-electron chi connectivity index (χ0n) is 24.3. The van der Waals surface area contributed by atoms with E-state index in [1.165, 1.54) is 6.07 Å². The van der Waals surface area contributed by atoms with Crippen LogP contribution in [0.1, 0.15) is 22.3 Å². The van der Waals surface area contributed by atoms with Crippen LogP contribution in [0.3, 0.4) is 0 Å². The molecule has 0 unspecified atom stereocenters. The van der Waals surface area contributed by atoms with E-state index < -0.39 is 10.1 Å². The first-order valence-electron chi connectivity index (χ1n) is 13.8. The van der Waals surface area contributed by atoms with E-state index in [1.54, 1.807) is 23.2 Å². The minimum Gasteiger partial charge on any atom is -0.456 e. The summed E-state index contributed by atoms with van der Waals surface area (Å²) in [6.07, 6.45) is 0. The van der Waals surface area contributed by atoms with Crippen molar-refractivity contribution in [3.63, 3.8) is 0 Å². The number of aryl methyl sites for hydroxylation is 4. The number of para-hydroxylation sites is 2. The number of benzene rings is 5. The standard InChI is InChI=1S/C35H31N3O4S/c1-21-9-7-10-22(2)34(21)37-25-15-17-27-30(19-25)42-31-20-26(38(36)35-23(3)11-8-12-24(35)4)16-18-28(31)33(27)29-13-5-6-14-32(29)43(39,40)41/h5-20H,36H2,1-4H3,(H,39,40,41)/b37-25-. The summed E-state index contributed by atoms with van der Waals surface area (Å²) in [5.41, 5.74) is 8.77. The highest BCUT2D eigenvalue weighted by Crippen LogP contribution is 2.43. The molecule has 0 radical (unpaired) electrons. The van der Waals surface area contributed by atoms with Gasteiger partial charge in [0.25, 0.3) is 10.1 Å². The second-order valence-electron chi connectivity index (χ2n) is 10.8. The molecule has 7 nitrogen and oxygen atoms in total. The van der Waals surface area contributed by atoms with Gasteiger partial charge in [-0.2, -0.15) is 8.42 Å². The van der Waals surface area contributed by atoms with Crippen LogP contribution in [-0.4, -0.2) is 13.0 Å². The van der Waals surface area contributed by atoms with Crippen molar-refractivity contribution in [2.75, 3.05) is 5.01 Å². The largest absolute Gasteiger partial charge is 0.456 e. The summed E-state index contributed by atoms with van der Waals surface area (Å²) >= 11 is 0. The molecule has 3 N–H and O–H groups in total. The minimum absolute atomic E-state index is 0.187. The Morgan fingerprint density at radius 3 is 2.07 bits per heavy atom. The summed E-state index contributed by atoms with van der Waals surface area (Å²) in [5.74, 6) is 7.16. The van der Waals surface area contributed by atoms with Gasteiger partial charge in [0.1, 0.15) is 16.2 Å². The van der Waals surface area contributed by atoms with E-state index in [4.69, 9.17) is 15.3 Å². The van der Waals surface area contributed by atoms with Crippen molar-refractivity contribution in [3.05, 3.63) is 125 Å². The Bertz CT molecular complexity index is 2140. The van der Waals surface area contributed by atoms with Gasteiger partial charge in [0.05, 0.1) is 22.4 Å². The molecule has 1 aliphatic heterocycles. The number of fused-ring (bicyclic) bond motifs is 2. The molecule has 0 saturated carbocycles. The quantitative estimate of drug-likeness (QED) is 0.0915. The van der Waals surface area contributed by atoms with Gasteiger partial charge < -0.3 is 4.42 Å². The lowest BCUT2D eigenvalue weighted by Crippen LogP contribution is -2.26. The van der Waals surface area contributed by atoms with Crippen LogP contribution in [0.15, 0.2) is 111 Å². The van der Waals surface area contributed by atoms with E-state index in [9.17, 15) is 13.0 Å². The third-order valence-electron chi connectivity index (χ3n) is 7.76. The van der Waals surface area contributed by atoms with Gasteiger partial charge in [-0.1, -0.05) is 54.6 Å². The Morgan fingerprint density at radius 2 is 1.40 bits per heavy atom. The second kappa shape index (κ2) is 10.8. The van der Waals surface area contributed by atoms with Crippen molar-refractivity contribution in [3.8, 4) is 22.5 Å². The fourth-order valence-electron chi connectivity index (χ4n) is 5.70. The monoisotopic (exact) mass is 589 g/mol. The molecular weight excluding hydrogens is 558 g/mol. The van der Waals surface area contributed by atoms with E-state index >= 15 is 0 Å². The van der Waals surface area contributed by atoms with Gasteiger partial charge in [0.15, 0.2) is 0 Å². The molecule has 0 aromatic heterocycles. The minimum atomic E-state index is -4.52. The molecule has 0 fully saturated rings. The third-order valence-corrected chi connectivity index (χ3v) is 8.67. The number of anilines is 2. The van der Waals surface area contributed by atoms with E-state index in [2.05, 4.69) is 0 Å². The molecule has 0 bridgehead atoms. The lowest BCUT2D eigenvalue weighted by atomic mass is 9.93. The molecule has 216 valence electrons. The van der Waals surface area contributed by atoms with E-state index in [1.807, 2.05) is 100 Å². The molecule has 0 amide bonds. The highest BCUT2D eigenvalue weighted by atomic mass is 32.2. The van der Waals surface area contributed by atoms with Crippen LogP contribution in [0.5, 0.6) is 0 Å². The van der Waals surface area contributed by atoms with Gasteiger partial charge in [-0.25, -0.2) is 10.8 Å². The molecule has 0 atom stereocenters. The van der Waals surface area contributed by atoms with Crippen LogP contribution in [0, 0.1) is 27.7 Å². The van der Waals surface area contributed by atoms with Crippen LogP contribution in [0.25, 0.3) is 33.4 Å². The number of hydrogen-bond acceptors (Lipinski definition) is 6. The molecule has 4 aromatic rings. The molecule has 1 aliphatic carbocycles. The van der Waals surface area contributed by atoms with Gasteiger partial charge in [-0.3, -0.25) is 9.56 Å². The maximum atomic E-state index is 12.5.